The van der Waals surface area contributed by atoms with Crippen molar-refractivity contribution in [2.24, 2.45) is 0 Å². The molecule has 1 aliphatic carbocycles. The highest BCUT2D eigenvalue weighted by atomic mass is 15.1. The average molecular weight is 855 g/mol. The first-order chi connectivity index (χ1) is 33.0. The molecule has 0 saturated heterocycles. The lowest BCUT2D eigenvalue weighted by Gasteiger charge is -2.27. The summed E-state index contributed by atoms with van der Waals surface area (Å²) < 4.78 is 2.42. The van der Waals surface area contributed by atoms with Gasteiger partial charge in [-0.25, -0.2) is 0 Å². The zero-order valence-electron chi connectivity index (χ0n) is 37.5. The lowest BCUT2D eigenvalue weighted by molar-refractivity contribution is 0.662. The summed E-state index contributed by atoms with van der Waals surface area (Å²) >= 11 is 0. The molecule has 316 valence electrons. The lowest BCUT2D eigenvalue weighted by atomic mass is 9.79. The first-order valence-corrected chi connectivity index (χ1v) is 23.3. The van der Waals surface area contributed by atoms with Crippen molar-refractivity contribution in [3.8, 4) is 50.2 Å². The van der Waals surface area contributed by atoms with Crippen LogP contribution >= 0.6 is 0 Å². The van der Waals surface area contributed by atoms with Gasteiger partial charge in [0.05, 0.1) is 11.0 Å². The van der Waals surface area contributed by atoms with E-state index < -0.39 is 0 Å². The molecule has 0 bridgehead atoms. The van der Waals surface area contributed by atoms with Gasteiger partial charge in [-0.15, -0.1) is 0 Å². The Morgan fingerprint density at radius 3 is 1.73 bits per heavy atom. The first-order valence-electron chi connectivity index (χ1n) is 23.3. The summed E-state index contributed by atoms with van der Waals surface area (Å²) in [5.74, 6) is 0. The van der Waals surface area contributed by atoms with E-state index in [0.717, 1.165) is 22.7 Å². The standard InChI is InChI=1S/C65H46N2/c1-65(2)61-30-10-8-22-57(61)59-28-14-25-53(63(59)65)44-32-37-48(38-33-44)66(50-20-12-17-46(42-50)52-24-13-27-55-51-21-7-6-16-43(51)36-41-56(52)55)49-39-34-45(35-40-49)54-26-15-29-60-58-23-9-11-31-62(58)67(64(54)60)47-18-4-3-5-19-47/h3-42H,1-2H3. The number of hydrogen-bond acceptors (Lipinski definition) is 1. The van der Waals surface area contributed by atoms with Gasteiger partial charge in [0, 0.05) is 44.5 Å². The number of fused-ring (bicyclic) bond motifs is 9. The number of nitrogens with zero attached hydrogens (tertiary/aromatic N) is 2. The van der Waals surface area contributed by atoms with Crippen molar-refractivity contribution in [3.63, 3.8) is 0 Å². The van der Waals surface area contributed by atoms with Crippen LogP contribution in [0.25, 0.3) is 93.5 Å². The van der Waals surface area contributed by atoms with Crippen LogP contribution in [0.1, 0.15) is 25.0 Å². The van der Waals surface area contributed by atoms with Crippen LogP contribution in [0.2, 0.25) is 0 Å². The molecule has 2 nitrogen and oxygen atoms in total. The molecule has 0 saturated carbocycles. The van der Waals surface area contributed by atoms with Crippen molar-refractivity contribution < 1.29 is 0 Å². The molecule has 11 aromatic carbocycles. The molecular weight excluding hydrogens is 809 g/mol. The van der Waals surface area contributed by atoms with Crippen LogP contribution in [-0.4, -0.2) is 4.57 Å². The maximum absolute atomic E-state index is 2.42. The molecule has 0 aliphatic heterocycles. The maximum Gasteiger partial charge on any atom is 0.0619 e. The first kappa shape index (κ1) is 39.0. The van der Waals surface area contributed by atoms with Gasteiger partial charge in [-0.3, -0.25) is 0 Å². The molecule has 12 aromatic rings. The Kier molecular flexibility index (Phi) is 8.91. The van der Waals surface area contributed by atoms with Gasteiger partial charge in [-0.2, -0.15) is 0 Å². The number of rotatable bonds is 7. The normalized spacial score (nSPS) is 12.7. The van der Waals surface area contributed by atoms with Gasteiger partial charge in [0.1, 0.15) is 0 Å². The van der Waals surface area contributed by atoms with Crippen LogP contribution in [-0.2, 0) is 5.41 Å². The summed E-state index contributed by atoms with van der Waals surface area (Å²) in [7, 11) is 0. The third kappa shape index (κ3) is 6.18. The smallest absolute Gasteiger partial charge is 0.0619 e. The summed E-state index contributed by atoms with van der Waals surface area (Å²) in [6, 6.07) is 89.3. The molecule has 0 spiro atoms. The van der Waals surface area contributed by atoms with Gasteiger partial charge in [-0.05, 0) is 126 Å². The molecule has 0 N–H and O–H groups in total. The molecule has 2 heteroatoms. The summed E-state index contributed by atoms with van der Waals surface area (Å²) in [5.41, 5.74) is 19.5. The third-order valence-corrected chi connectivity index (χ3v) is 14.4. The minimum atomic E-state index is -0.108. The zero-order chi connectivity index (χ0) is 44.6. The van der Waals surface area contributed by atoms with Gasteiger partial charge >= 0.3 is 0 Å². The van der Waals surface area contributed by atoms with E-state index in [1.165, 1.54) is 99.0 Å². The second-order valence-electron chi connectivity index (χ2n) is 18.5. The monoisotopic (exact) mass is 854 g/mol. The molecule has 0 amide bonds. The van der Waals surface area contributed by atoms with Crippen molar-refractivity contribution in [3.05, 3.63) is 254 Å². The fourth-order valence-corrected chi connectivity index (χ4v) is 11.3. The summed E-state index contributed by atoms with van der Waals surface area (Å²) in [6.45, 7) is 4.74. The molecular formula is C65H46N2. The van der Waals surface area contributed by atoms with Crippen LogP contribution in [0.15, 0.2) is 243 Å². The van der Waals surface area contributed by atoms with Crippen molar-refractivity contribution in [2.45, 2.75) is 19.3 Å². The van der Waals surface area contributed by atoms with Gasteiger partial charge in [0.15, 0.2) is 0 Å². The Bertz CT molecular complexity index is 3870. The second kappa shape index (κ2) is 15.3. The molecule has 1 aromatic heterocycles. The zero-order valence-corrected chi connectivity index (χ0v) is 37.5. The fraction of sp³-hybridized carbons (Fsp3) is 0.0462. The molecule has 1 heterocycles. The lowest BCUT2D eigenvalue weighted by Crippen LogP contribution is -2.16. The fourth-order valence-electron chi connectivity index (χ4n) is 11.3. The van der Waals surface area contributed by atoms with Gasteiger partial charge in [0.2, 0.25) is 0 Å². The SMILES string of the molecule is CC1(C)c2ccccc2-c2cccc(-c3ccc(N(c4ccc(-c5cccc6c7ccccc7n(-c7ccccc7)c56)cc4)c4cccc(-c5cccc6c5ccc5ccccc56)c4)cc3)c21. The van der Waals surface area contributed by atoms with Crippen LogP contribution in [0.3, 0.4) is 0 Å². The van der Waals surface area contributed by atoms with Crippen molar-refractivity contribution >= 4 is 60.4 Å². The molecule has 13 rings (SSSR count). The topological polar surface area (TPSA) is 8.17 Å². The van der Waals surface area contributed by atoms with Crippen LogP contribution in [0.4, 0.5) is 17.1 Å². The van der Waals surface area contributed by atoms with E-state index in [1.807, 2.05) is 0 Å². The van der Waals surface area contributed by atoms with Crippen LogP contribution in [0.5, 0.6) is 0 Å². The van der Waals surface area contributed by atoms with E-state index in [9.17, 15) is 0 Å². The Morgan fingerprint density at radius 2 is 0.925 bits per heavy atom. The highest BCUT2D eigenvalue weighted by Gasteiger charge is 2.37. The number of para-hydroxylation sites is 3. The Morgan fingerprint density at radius 1 is 0.343 bits per heavy atom. The molecule has 67 heavy (non-hydrogen) atoms. The summed E-state index contributed by atoms with van der Waals surface area (Å²) in [5, 5.41) is 7.55. The second-order valence-corrected chi connectivity index (χ2v) is 18.5. The number of benzene rings is 11. The van der Waals surface area contributed by atoms with E-state index in [1.54, 1.807) is 0 Å². The largest absolute Gasteiger partial charge is 0.310 e. The maximum atomic E-state index is 2.42. The molecule has 0 fully saturated rings. The predicted octanol–water partition coefficient (Wildman–Crippen LogP) is 17.9. The van der Waals surface area contributed by atoms with Crippen molar-refractivity contribution in [1.29, 1.82) is 0 Å². The molecule has 0 unspecified atom stereocenters. The number of anilines is 3. The quantitative estimate of drug-likeness (QED) is 0.145. The van der Waals surface area contributed by atoms with E-state index in [0.29, 0.717) is 0 Å². The minimum absolute atomic E-state index is 0.108. The highest BCUT2D eigenvalue weighted by Crippen LogP contribution is 2.52. The number of aromatic nitrogens is 1. The van der Waals surface area contributed by atoms with E-state index >= 15 is 0 Å². The molecule has 1 aliphatic rings. The third-order valence-electron chi connectivity index (χ3n) is 14.4. The van der Waals surface area contributed by atoms with Crippen molar-refractivity contribution in [2.75, 3.05) is 4.90 Å². The summed E-state index contributed by atoms with van der Waals surface area (Å²) in [6.07, 6.45) is 0. The molecule has 0 atom stereocenters. The Balaban J connectivity index is 0.953. The number of hydrogen-bond donors (Lipinski definition) is 0. The van der Waals surface area contributed by atoms with Gasteiger partial charge in [0.25, 0.3) is 0 Å². The summed E-state index contributed by atoms with van der Waals surface area (Å²) in [4.78, 5) is 2.41. The van der Waals surface area contributed by atoms with Gasteiger partial charge in [-0.1, -0.05) is 202 Å². The predicted molar refractivity (Wildman–Crippen MR) is 284 cm³/mol. The van der Waals surface area contributed by atoms with Crippen LogP contribution < -0.4 is 4.90 Å². The van der Waals surface area contributed by atoms with E-state index in [2.05, 4.69) is 266 Å². The highest BCUT2D eigenvalue weighted by molar-refractivity contribution is 6.14. The van der Waals surface area contributed by atoms with Crippen molar-refractivity contribution in [1.82, 2.24) is 4.57 Å². The average Bonchev–Trinajstić information content (AvgIpc) is 3.85. The Hall–Kier alpha value is -8.46. The van der Waals surface area contributed by atoms with Gasteiger partial charge < -0.3 is 9.47 Å². The Labute approximate surface area is 391 Å². The van der Waals surface area contributed by atoms with Crippen LogP contribution in [0, 0.1) is 0 Å². The van der Waals surface area contributed by atoms with E-state index in [-0.39, 0.29) is 5.41 Å². The molecule has 0 radical (unpaired) electrons. The minimum Gasteiger partial charge on any atom is -0.310 e. The van der Waals surface area contributed by atoms with E-state index in [4.69, 9.17) is 0 Å².